The van der Waals surface area contributed by atoms with Gasteiger partial charge < -0.3 is 19.5 Å². The van der Waals surface area contributed by atoms with Crippen LogP contribution in [0.4, 0.5) is 0 Å². The molecule has 4 fully saturated rings. The number of rotatable bonds is 8. The predicted molar refractivity (Wildman–Crippen MR) is 152 cm³/mol. The molecule has 5 aliphatic rings. The molecule has 8 unspecified atom stereocenters. The van der Waals surface area contributed by atoms with Crippen molar-refractivity contribution < 1.29 is 23.8 Å². The molecule has 0 aromatic rings. The Morgan fingerprint density at radius 1 is 1.18 bits per heavy atom. The summed E-state index contributed by atoms with van der Waals surface area (Å²) >= 11 is 0. The molecule has 1 N–H and O–H groups in total. The number of hydrogen-bond donors (Lipinski definition) is 1. The van der Waals surface area contributed by atoms with Gasteiger partial charge in [0.05, 0.1) is 6.10 Å². The standard InChI is InChI=1S/C33H53NO5/c1-8-37-33(16-11-20(2)19-34-22(4)35)21(3)30-29(39-33)18-28-26-10-9-24-17-25(38-23(5)36)12-14-31(24,6)27(26)13-15-32(28,30)7/h9,20-21,25-30H,8,10-19H2,1-7H3,(H,34,35)/t20?,21?,25-,26?,27?,28?,29?,30?,31-,32-,33?/m0/s1. The van der Waals surface area contributed by atoms with E-state index in [1.165, 1.54) is 19.8 Å². The van der Waals surface area contributed by atoms with Crippen LogP contribution in [0, 0.1) is 46.3 Å². The lowest BCUT2D eigenvalue weighted by atomic mass is 9.47. The van der Waals surface area contributed by atoms with Gasteiger partial charge in [0.15, 0.2) is 5.79 Å². The Bertz CT molecular complexity index is 979. The summed E-state index contributed by atoms with van der Waals surface area (Å²) in [4.78, 5) is 23.0. The van der Waals surface area contributed by atoms with Crippen LogP contribution in [0.25, 0.3) is 0 Å². The molecule has 39 heavy (non-hydrogen) atoms. The summed E-state index contributed by atoms with van der Waals surface area (Å²) in [5.41, 5.74) is 2.07. The number of esters is 1. The van der Waals surface area contributed by atoms with E-state index in [0.717, 1.165) is 44.9 Å². The van der Waals surface area contributed by atoms with Gasteiger partial charge in [-0.3, -0.25) is 9.59 Å². The Balaban J connectivity index is 1.31. The molecule has 4 aliphatic carbocycles. The lowest BCUT2D eigenvalue weighted by Gasteiger charge is -2.58. The highest BCUT2D eigenvalue weighted by atomic mass is 16.7. The average molecular weight is 544 g/mol. The number of amides is 1. The van der Waals surface area contributed by atoms with E-state index < -0.39 is 5.79 Å². The first-order chi connectivity index (χ1) is 18.4. The van der Waals surface area contributed by atoms with Crippen molar-refractivity contribution >= 4 is 11.9 Å². The smallest absolute Gasteiger partial charge is 0.302 e. The summed E-state index contributed by atoms with van der Waals surface area (Å²) in [6.45, 7) is 16.3. The lowest BCUT2D eigenvalue weighted by molar-refractivity contribution is -0.250. The van der Waals surface area contributed by atoms with E-state index in [-0.39, 0.29) is 34.9 Å². The summed E-state index contributed by atoms with van der Waals surface area (Å²) in [6.07, 6.45) is 12.6. The largest absolute Gasteiger partial charge is 0.462 e. The number of fused-ring (bicyclic) bond motifs is 7. The van der Waals surface area contributed by atoms with Gasteiger partial charge in [0, 0.05) is 45.8 Å². The van der Waals surface area contributed by atoms with E-state index in [1.807, 2.05) is 0 Å². The zero-order valence-electron chi connectivity index (χ0n) is 25.5. The van der Waals surface area contributed by atoms with E-state index in [4.69, 9.17) is 14.2 Å². The Hall–Kier alpha value is -1.40. The molecule has 5 rings (SSSR count). The van der Waals surface area contributed by atoms with Crippen molar-refractivity contribution in [3.8, 4) is 0 Å². The van der Waals surface area contributed by atoms with Crippen LogP contribution in [0.3, 0.4) is 0 Å². The lowest BCUT2D eigenvalue weighted by Crippen LogP contribution is -2.52. The second kappa shape index (κ2) is 10.8. The molecule has 1 saturated heterocycles. The second-order valence-corrected chi connectivity index (χ2v) is 14.3. The molecular formula is C33H53NO5. The minimum absolute atomic E-state index is 0.0342. The van der Waals surface area contributed by atoms with E-state index >= 15 is 0 Å². The van der Waals surface area contributed by atoms with E-state index in [2.05, 4.69) is 46.0 Å². The van der Waals surface area contributed by atoms with Gasteiger partial charge in [-0.25, -0.2) is 0 Å². The highest BCUT2D eigenvalue weighted by molar-refractivity contribution is 5.72. The zero-order valence-corrected chi connectivity index (χ0v) is 25.5. The van der Waals surface area contributed by atoms with E-state index in [0.29, 0.717) is 48.7 Å². The molecule has 0 aromatic heterocycles. The topological polar surface area (TPSA) is 73.9 Å². The van der Waals surface area contributed by atoms with Gasteiger partial charge in [-0.1, -0.05) is 39.3 Å². The highest BCUT2D eigenvalue weighted by Crippen LogP contribution is 2.70. The number of ether oxygens (including phenoxy) is 3. The molecule has 220 valence electrons. The fourth-order valence-electron chi connectivity index (χ4n) is 10.3. The number of carbonyl (C=O) groups is 2. The molecule has 0 radical (unpaired) electrons. The molecule has 11 atom stereocenters. The van der Waals surface area contributed by atoms with Crippen LogP contribution in [0.1, 0.15) is 106 Å². The van der Waals surface area contributed by atoms with Gasteiger partial charge in [0.2, 0.25) is 5.91 Å². The minimum atomic E-state index is -0.514. The van der Waals surface area contributed by atoms with Crippen molar-refractivity contribution in [3.05, 3.63) is 11.6 Å². The monoisotopic (exact) mass is 543 g/mol. The molecule has 6 nitrogen and oxygen atoms in total. The Kier molecular flexibility index (Phi) is 8.04. The normalized spacial score (nSPS) is 45.3. The maximum Gasteiger partial charge on any atom is 0.302 e. The number of carbonyl (C=O) groups excluding carboxylic acids is 2. The molecule has 0 bridgehead atoms. The van der Waals surface area contributed by atoms with Gasteiger partial charge >= 0.3 is 5.97 Å². The first-order valence-electron chi connectivity index (χ1n) is 15.9. The van der Waals surface area contributed by atoms with Crippen molar-refractivity contribution in [1.82, 2.24) is 5.32 Å². The summed E-state index contributed by atoms with van der Waals surface area (Å²) in [5, 5.41) is 2.97. The van der Waals surface area contributed by atoms with Crippen molar-refractivity contribution in [2.24, 2.45) is 46.3 Å². The Labute approximate surface area is 236 Å². The summed E-state index contributed by atoms with van der Waals surface area (Å²) < 4.78 is 19.2. The molecule has 1 aliphatic heterocycles. The van der Waals surface area contributed by atoms with E-state index in [9.17, 15) is 9.59 Å². The minimum Gasteiger partial charge on any atom is -0.462 e. The van der Waals surface area contributed by atoms with Crippen molar-refractivity contribution in [2.45, 2.75) is 124 Å². The Morgan fingerprint density at radius 2 is 1.95 bits per heavy atom. The number of nitrogens with one attached hydrogen (secondary N) is 1. The SMILES string of the molecule is CCOC1(CCC(C)CNC(C)=O)OC2CC3C4CC=C5C[C@@H](OC(C)=O)CC[C@]5(C)C4CC[C@]3(C)C2C1C. The molecule has 6 heteroatoms. The molecular weight excluding hydrogens is 490 g/mol. The molecule has 1 amide bonds. The van der Waals surface area contributed by atoms with Gasteiger partial charge in [0.1, 0.15) is 6.10 Å². The van der Waals surface area contributed by atoms with E-state index in [1.54, 1.807) is 12.5 Å². The zero-order chi connectivity index (χ0) is 28.2. The second-order valence-electron chi connectivity index (χ2n) is 14.3. The van der Waals surface area contributed by atoms with Crippen LogP contribution < -0.4 is 5.32 Å². The van der Waals surface area contributed by atoms with Crippen molar-refractivity contribution in [1.29, 1.82) is 0 Å². The first kappa shape index (κ1) is 29.1. The van der Waals surface area contributed by atoms with Crippen LogP contribution in [0.2, 0.25) is 0 Å². The van der Waals surface area contributed by atoms with Crippen LogP contribution >= 0.6 is 0 Å². The van der Waals surface area contributed by atoms with Crippen LogP contribution in [0.5, 0.6) is 0 Å². The van der Waals surface area contributed by atoms with Gasteiger partial charge in [0.25, 0.3) is 0 Å². The van der Waals surface area contributed by atoms with Crippen LogP contribution in [0.15, 0.2) is 11.6 Å². The summed E-state index contributed by atoms with van der Waals surface area (Å²) in [5.74, 6) is 2.76. The number of allylic oxidation sites excluding steroid dienone is 1. The molecule has 1 heterocycles. The molecule has 0 spiro atoms. The number of hydrogen-bond acceptors (Lipinski definition) is 5. The highest BCUT2D eigenvalue weighted by Gasteiger charge is 2.68. The third-order valence-corrected chi connectivity index (χ3v) is 12.1. The van der Waals surface area contributed by atoms with Crippen LogP contribution in [-0.4, -0.2) is 43.0 Å². The maximum atomic E-state index is 11.6. The third-order valence-electron chi connectivity index (χ3n) is 12.1. The predicted octanol–water partition coefficient (Wildman–Crippen LogP) is 6.43. The fourth-order valence-corrected chi connectivity index (χ4v) is 10.3. The fraction of sp³-hybridized carbons (Fsp3) is 0.879. The Morgan fingerprint density at radius 3 is 2.64 bits per heavy atom. The molecule has 0 aromatic carbocycles. The van der Waals surface area contributed by atoms with Gasteiger partial charge in [-0.15, -0.1) is 0 Å². The molecule has 3 saturated carbocycles. The summed E-state index contributed by atoms with van der Waals surface area (Å²) in [7, 11) is 0. The first-order valence-corrected chi connectivity index (χ1v) is 15.9. The third kappa shape index (κ3) is 5.00. The van der Waals surface area contributed by atoms with Gasteiger partial charge in [-0.05, 0) is 92.3 Å². The van der Waals surface area contributed by atoms with Crippen LogP contribution in [-0.2, 0) is 23.8 Å². The van der Waals surface area contributed by atoms with Crippen molar-refractivity contribution in [3.63, 3.8) is 0 Å². The summed E-state index contributed by atoms with van der Waals surface area (Å²) in [6, 6.07) is 0. The van der Waals surface area contributed by atoms with Crippen molar-refractivity contribution in [2.75, 3.05) is 13.2 Å². The van der Waals surface area contributed by atoms with Gasteiger partial charge in [-0.2, -0.15) is 0 Å². The quantitative estimate of drug-likeness (QED) is 0.282. The maximum absolute atomic E-state index is 11.6. The average Bonchev–Trinajstić information content (AvgIpc) is 3.32.